The van der Waals surface area contributed by atoms with E-state index in [9.17, 15) is 0 Å². The molecule has 0 saturated carbocycles. The van der Waals surface area contributed by atoms with E-state index in [2.05, 4.69) is 20.6 Å². The first-order chi connectivity index (χ1) is 11.7. The third-order valence-electron chi connectivity index (χ3n) is 3.27. The van der Waals surface area contributed by atoms with Crippen molar-refractivity contribution in [3.8, 4) is 5.75 Å². The second kappa shape index (κ2) is 11.9. The smallest absolute Gasteiger partial charge is 0.191 e. The average Bonchev–Trinajstić information content (AvgIpc) is 2.60. The van der Waals surface area contributed by atoms with Gasteiger partial charge in [0.2, 0.25) is 0 Å². The summed E-state index contributed by atoms with van der Waals surface area (Å²) in [6, 6.07) is 11.7. The highest BCUT2D eigenvalue weighted by Crippen LogP contribution is 2.17. The maximum absolute atomic E-state index is 5.80. The number of nitrogens with zero attached hydrogens (tertiary/aromatic N) is 2. The Hall–Kier alpha value is -1.54. The first kappa shape index (κ1) is 21.5. The normalized spacial score (nSPS) is 10.8. The van der Waals surface area contributed by atoms with Crippen LogP contribution in [0.5, 0.6) is 5.75 Å². The Morgan fingerprint density at radius 1 is 1.16 bits per heavy atom. The molecule has 0 spiro atoms. The molecule has 0 unspecified atom stereocenters. The van der Waals surface area contributed by atoms with Crippen LogP contribution in [0, 0.1) is 0 Å². The van der Waals surface area contributed by atoms with Gasteiger partial charge >= 0.3 is 0 Å². The molecule has 2 aromatic rings. The van der Waals surface area contributed by atoms with Gasteiger partial charge in [-0.25, -0.2) is 9.98 Å². The van der Waals surface area contributed by atoms with Gasteiger partial charge in [-0.1, -0.05) is 35.9 Å². The Kier molecular flexibility index (Phi) is 10.3. The molecule has 2 rings (SSSR count). The van der Waals surface area contributed by atoms with Crippen LogP contribution < -0.4 is 15.4 Å². The van der Waals surface area contributed by atoms with Crippen molar-refractivity contribution in [3.05, 3.63) is 58.9 Å². The van der Waals surface area contributed by atoms with Gasteiger partial charge in [-0.15, -0.1) is 24.0 Å². The molecule has 0 aliphatic rings. The zero-order valence-corrected chi connectivity index (χ0v) is 17.5. The largest absolute Gasteiger partial charge is 0.494 e. The van der Waals surface area contributed by atoms with E-state index in [0.717, 1.165) is 29.4 Å². The highest BCUT2D eigenvalue weighted by atomic mass is 127. The van der Waals surface area contributed by atoms with E-state index in [4.69, 9.17) is 16.3 Å². The summed E-state index contributed by atoms with van der Waals surface area (Å²) in [5, 5.41) is 7.05. The average molecular weight is 475 g/mol. The van der Waals surface area contributed by atoms with E-state index in [-0.39, 0.29) is 24.0 Å². The summed E-state index contributed by atoms with van der Waals surface area (Å²) in [6.07, 6.45) is 1.74. The minimum atomic E-state index is 0. The summed E-state index contributed by atoms with van der Waals surface area (Å²) in [4.78, 5) is 8.64. The van der Waals surface area contributed by atoms with Gasteiger partial charge in [0.05, 0.1) is 13.2 Å². The number of para-hydroxylation sites is 1. The van der Waals surface area contributed by atoms with Gasteiger partial charge in [0.15, 0.2) is 5.96 Å². The van der Waals surface area contributed by atoms with Crippen molar-refractivity contribution < 1.29 is 4.74 Å². The Morgan fingerprint density at radius 3 is 2.64 bits per heavy atom. The van der Waals surface area contributed by atoms with Crippen LogP contribution in [0.3, 0.4) is 0 Å². The first-order valence-corrected chi connectivity index (χ1v) is 8.44. The van der Waals surface area contributed by atoms with Crippen molar-refractivity contribution in [1.29, 1.82) is 0 Å². The number of aliphatic imine (C=N–C) groups is 1. The van der Waals surface area contributed by atoms with Crippen LogP contribution in [-0.2, 0) is 13.1 Å². The molecule has 1 heterocycles. The van der Waals surface area contributed by atoms with E-state index in [1.54, 1.807) is 12.3 Å². The molecular weight excluding hydrogens is 451 g/mol. The lowest BCUT2D eigenvalue weighted by Crippen LogP contribution is -2.36. The molecule has 0 aliphatic carbocycles. The Morgan fingerprint density at radius 2 is 1.96 bits per heavy atom. The number of ether oxygens (including phenoxy) is 1. The maximum atomic E-state index is 5.80. The van der Waals surface area contributed by atoms with Crippen molar-refractivity contribution in [2.24, 2.45) is 4.99 Å². The highest BCUT2D eigenvalue weighted by molar-refractivity contribution is 14.0. The molecule has 0 fully saturated rings. The summed E-state index contributed by atoms with van der Waals surface area (Å²) < 4.78 is 5.65. The number of pyridine rings is 1. The Balaban J connectivity index is 0.00000312. The van der Waals surface area contributed by atoms with Gasteiger partial charge in [0.25, 0.3) is 0 Å². The van der Waals surface area contributed by atoms with Crippen LogP contribution in [0.1, 0.15) is 25.0 Å². The topological polar surface area (TPSA) is 58.5 Å². The minimum absolute atomic E-state index is 0. The monoisotopic (exact) mass is 474 g/mol. The predicted molar refractivity (Wildman–Crippen MR) is 114 cm³/mol. The molecule has 136 valence electrons. The van der Waals surface area contributed by atoms with Gasteiger partial charge in [-0.3, -0.25) is 0 Å². The van der Waals surface area contributed by atoms with Crippen molar-refractivity contribution in [3.63, 3.8) is 0 Å². The van der Waals surface area contributed by atoms with E-state index >= 15 is 0 Å². The molecule has 0 amide bonds. The maximum Gasteiger partial charge on any atom is 0.191 e. The lowest BCUT2D eigenvalue weighted by Gasteiger charge is -2.14. The fourth-order valence-electron chi connectivity index (χ4n) is 2.14. The van der Waals surface area contributed by atoms with Crippen molar-refractivity contribution in [2.75, 3.05) is 13.2 Å². The summed E-state index contributed by atoms with van der Waals surface area (Å²) in [5.74, 6) is 1.64. The molecule has 0 atom stereocenters. The third-order valence-corrected chi connectivity index (χ3v) is 3.49. The third kappa shape index (κ3) is 7.48. The second-order valence-corrected chi connectivity index (χ2v) is 5.47. The van der Waals surface area contributed by atoms with Crippen molar-refractivity contribution in [2.45, 2.75) is 26.9 Å². The number of hydrogen-bond donors (Lipinski definition) is 2. The van der Waals surface area contributed by atoms with Crippen LogP contribution in [-0.4, -0.2) is 24.1 Å². The number of hydrogen-bond acceptors (Lipinski definition) is 3. The zero-order chi connectivity index (χ0) is 17.2. The van der Waals surface area contributed by atoms with Crippen LogP contribution in [0.4, 0.5) is 0 Å². The summed E-state index contributed by atoms with van der Waals surface area (Å²) >= 11 is 5.80. The number of guanidine groups is 1. The number of aromatic nitrogens is 1. The number of nitrogens with one attached hydrogen (secondary N) is 2. The lowest BCUT2D eigenvalue weighted by atomic mass is 10.2. The van der Waals surface area contributed by atoms with Gasteiger partial charge in [0.1, 0.15) is 10.9 Å². The molecule has 5 nitrogen and oxygen atoms in total. The molecule has 0 bridgehead atoms. The minimum Gasteiger partial charge on any atom is -0.494 e. The molecular formula is C18H24ClIN4O. The van der Waals surface area contributed by atoms with E-state index in [0.29, 0.717) is 24.8 Å². The molecule has 7 heteroatoms. The fraction of sp³-hybridized carbons (Fsp3) is 0.333. The highest BCUT2D eigenvalue weighted by Gasteiger charge is 2.04. The second-order valence-electron chi connectivity index (χ2n) is 5.08. The summed E-state index contributed by atoms with van der Waals surface area (Å²) in [6.45, 7) is 6.63. The van der Waals surface area contributed by atoms with Crippen LogP contribution in [0.25, 0.3) is 0 Å². The molecule has 0 radical (unpaired) electrons. The fourth-order valence-corrected chi connectivity index (χ4v) is 2.25. The molecule has 0 saturated heterocycles. The number of halogens is 2. The molecule has 25 heavy (non-hydrogen) atoms. The van der Waals surface area contributed by atoms with E-state index in [1.165, 1.54) is 0 Å². The molecule has 1 aromatic carbocycles. The zero-order valence-electron chi connectivity index (χ0n) is 14.5. The van der Waals surface area contributed by atoms with Crippen LogP contribution in [0.2, 0.25) is 5.15 Å². The van der Waals surface area contributed by atoms with E-state index in [1.807, 2.05) is 44.2 Å². The van der Waals surface area contributed by atoms with Gasteiger partial charge < -0.3 is 15.4 Å². The summed E-state index contributed by atoms with van der Waals surface area (Å²) in [5.41, 5.74) is 2.10. The Bertz CT molecular complexity index is 664. The standard InChI is InChI=1S/C18H23ClN4O.HI/c1-3-20-18(22-12-14-9-10-17(19)21-11-14)23-13-15-7-5-6-8-16(15)24-4-2;/h5-11H,3-4,12-13H2,1-2H3,(H2,20,22,23);1H. The number of benzene rings is 1. The quantitative estimate of drug-likeness (QED) is 0.276. The van der Waals surface area contributed by atoms with Crippen molar-refractivity contribution in [1.82, 2.24) is 15.6 Å². The number of rotatable bonds is 7. The Labute approximate surface area is 171 Å². The molecule has 0 aliphatic heterocycles. The predicted octanol–water partition coefficient (Wildman–Crippen LogP) is 4.01. The molecule has 1 aromatic heterocycles. The molecule has 2 N–H and O–H groups in total. The van der Waals surface area contributed by atoms with Gasteiger partial charge in [-0.05, 0) is 31.5 Å². The van der Waals surface area contributed by atoms with Crippen LogP contribution >= 0.6 is 35.6 Å². The first-order valence-electron chi connectivity index (χ1n) is 8.06. The lowest BCUT2D eigenvalue weighted by molar-refractivity contribution is 0.336. The van der Waals surface area contributed by atoms with E-state index < -0.39 is 0 Å². The van der Waals surface area contributed by atoms with Crippen molar-refractivity contribution >= 4 is 41.5 Å². The van der Waals surface area contributed by atoms with Crippen LogP contribution in [0.15, 0.2) is 47.6 Å². The summed E-state index contributed by atoms with van der Waals surface area (Å²) in [7, 11) is 0. The van der Waals surface area contributed by atoms with Gasteiger partial charge in [-0.2, -0.15) is 0 Å². The van der Waals surface area contributed by atoms with Gasteiger partial charge in [0, 0.05) is 24.8 Å². The SMILES string of the molecule is CCNC(=NCc1ccc(Cl)nc1)NCc1ccccc1OCC.I.